The fourth-order valence-corrected chi connectivity index (χ4v) is 2.65. The van der Waals surface area contributed by atoms with Crippen LogP contribution in [0.25, 0.3) is 0 Å². The molecule has 0 unspecified atom stereocenters. The summed E-state index contributed by atoms with van der Waals surface area (Å²) in [5, 5.41) is 3.96. The Labute approximate surface area is 135 Å². The number of halogens is 1. The van der Waals surface area contributed by atoms with E-state index in [0.29, 0.717) is 5.02 Å². The molecule has 0 aliphatic carbocycles. The highest BCUT2D eigenvalue weighted by Crippen LogP contribution is 2.25. The van der Waals surface area contributed by atoms with Crippen molar-refractivity contribution in [2.75, 3.05) is 43.4 Å². The Balaban J connectivity index is 1.82. The lowest BCUT2D eigenvalue weighted by Gasteiger charge is -2.32. The van der Waals surface area contributed by atoms with Gasteiger partial charge in [-0.1, -0.05) is 23.7 Å². The van der Waals surface area contributed by atoms with Gasteiger partial charge in [-0.25, -0.2) is 4.98 Å². The van der Waals surface area contributed by atoms with E-state index in [-0.39, 0.29) is 0 Å². The highest BCUT2D eigenvalue weighted by molar-refractivity contribution is 6.33. The zero-order valence-corrected chi connectivity index (χ0v) is 13.6. The number of rotatable bonds is 3. The van der Waals surface area contributed by atoms with Gasteiger partial charge in [0.2, 0.25) is 5.95 Å². The minimum atomic E-state index is 0.680. The van der Waals surface area contributed by atoms with E-state index in [4.69, 9.17) is 11.6 Å². The molecule has 1 N–H and O–H groups in total. The van der Waals surface area contributed by atoms with Crippen molar-refractivity contribution in [3.8, 4) is 0 Å². The minimum absolute atomic E-state index is 0.680. The molecule has 0 saturated carbocycles. The summed E-state index contributed by atoms with van der Waals surface area (Å²) in [4.78, 5) is 13.8. The zero-order chi connectivity index (χ0) is 15.5. The van der Waals surface area contributed by atoms with Crippen molar-refractivity contribution in [2.45, 2.75) is 6.92 Å². The summed E-state index contributed by atoms with van der Waals surface area (Å²) in [7, 11) is 2.14. The number of benzene rings is 1. The van der Waals surface area contributed by atoms with Crippen LogP contribution in [0.5, 0.6) is 0 Å². The number of aromatic nitrogens is 2. The lowest BCUT2D eigenvalue weighted by atomic mass is 10.3. The van der Waals surface area contributed by atoms with E-state index in [1.165, 1.54) is 0 Å². The van der Waals surface area contributed by atoms with Crippen molar-refractivity contribution in [3.63, 3.8) is 0 Å². The molecule has 1 aromatic carbocycles. The SMILES string of the molecule is Cc1cc(Nc2ccccc2Cl)nc(N2CCN(C)CC2)n1. The molecule has 0 spiro atoms. The zero-order valence-electron chi connectivity index (χ0n) is 12.9. The first-order chi connectivity index (χ1) is 10.6. The van der Waals surface area contributed by atoms with Gasteiger partial charge >= 0.3 is 0 Å². The van der Waals surface area contributed by atoms with Crippen molar-refractivity contribution in [3.05, 3.63) is 41.0 Å². The molecule has 3 rings (SSSR count). The number of nitrogens with one attached hydrogen (secondary N) is 1. The van der Waals surface area contributed by atoms with E-state index in [2.05, 4.69) is 32.1 Å². The van der Waals surface area contributed by atoms with Crippen LogP contribution in [0.15, 0.2) is 30.3 Å². The second-order valence-corrected chi connectivity index (χ2v) is 6.00. The molecule has 5 nitrogen and oxygen atoms in total. The molecule has 2 heterocycles. The van der Waals surface area contributed by atoms with Crippen LogP contribution >= 0.6 is 11.6 Å². The van der Waals surface area contributed by atoms with Gasteiger partial charge in [0.25, 0.3) is 0 Å². The first kappa shape index (κ1) is 15.1. The van der Waals surface area contributed by atoms with Crippen molar-refractivity contribution in [2.24, 2.45) is 0 Å². The maximum absolute atomic E-state index is 6.20. The Morgan fingerprint density at radius 2 is 1.82 bits per heavy atom. The van der Waals surface area contributed by atoms with Crippen LogP contribution < -0.4 is 10.2 Å². The highest BCUT2D eigenvalue weighted by atomic mass is 35.5. The van der Waals surface area contributed by atoms with Gasteiger partial charge in [0, 0.05) is 37.9 Å². The molecule has 0 amide bonds. The van der Waals surface area contributed by atoms with E-state index in [0.717, 1.165) is 49.3 Å². The molecular formula is C16H20ClN5. The van der Waals surface area contributed by atoms with E-state index in [9.17, 15) is 0 Å². The maximum Gasteiger partial charge on any atom is 0.227 e. The number of para-hydroxylation sites is 1. The van der Waals surface area contributed by atoms with Gasteiger partial charge in [0.15, 0.2) is 0 Å². The number of hydrogen-bond acceptors (Lipinski definition) is 5. The quantitative estimate of drug-likeness (QED) is 0.943. The summed E-state index contributed by atoms with van der Waals surface area (Å²) in [6, 6.07) is 9.59. The third-order valence-electron chi connectivity index (χ3n) is 3.77. The number of nitrogens with zero attached hydrogens (tertiary/aromatic N) is 4. The number of anilines is 3. The smallest absolute Gasteiger partial charge is 0.227 e. The number of piperazine rings is 1. The molecule has 1 aromatic heterocycles. The van der Waals surface area contributed by atoms with Gasteiger partial charge in [-0.3, -0.25) is 0 Å². The van der Waals surface area contributed by atoms with Crippen LogP contribution in [-0.4, -0.2) is 48.1 Å². The van der Waals surface area contributed by atoms with Crippen LogP contribution in [0.4, 0.5) is 17.5 Å². The molecule has 116 valence electrons. The second kappa shape index (κ2) is 6.50. The fraction of sp³-hybridized carbons (Fsp3) is 0.375. The van der Waals surface area contributed by atoms with Crippen LogP contribution in [-0.2, 0) is 0 Å². The molecular weight excluding hydrogens is 298 g/mol. The fourth-order valence-electron chi connectivity index (χ4n) is 2.47. The van der Waals surface area contributed by atoms with Crippen LogP contribution in [0.1, 0.15) is 5.69 Å². The van der Waals surface area contributed by atoms with Crippen molar-refractivity contribution in [1.82, 2.24) is 14.9 Å². The molecule has 2 aromatic rings. The standard InChI is InChI=1S/C16H20ClN5/c1-12-11-15(19-14-6-4-3-5-13(14)17)20-16(18-12)22-9-7-21(2)8-10-22/h3-6,11H,7-10H2,1-2H3,(H,18,19,20). The summed E-state index contributed by atoms with van der Waals surface area (Å²) in [5.74, 6) is 1.55. The van der Waals surface area contributed by atoms with E-state index in [1.54, 1.807) is 0 Å². The summed E-state index contributed by atoms with van der Waals surface area (Å²) >= 11 is 6.20. The van der Waals surface area contributed by atoms with Crippen molar-refractivity contribution < 1.29 is 0 Å². The predicted molar refractivity (Wildman–Crippen MR) is 91.2 cm³/mol. The van der Waals surface area contributed by atoms with Gasteiger partial charge in [0.1, 0.15) is 5.82 Å². The molecule has 1 saturated heterocycles. The normalized spacial score (nSPS) is 15.9. The topological polar surface area (TPSA) is 44.3 Å². The average molecular weight is 318 g/mol. The van der Waals surface area contributed by atoms with Gasteiger partial charge in [-0.05, 0) is 26.1 Å². The monoisotopic (exact) mass is 317 g/mol. The minimum Gasteiger partial charge on any atom is -0.339 e. The van der Waals surface area contributed by atoms with E-state index >= 15 is 0 Å². The Morgan fingerprint density at radius 1 is 1.09 bits per heavy atom. The molecule has 0 bridgehead atoms. The van der Waals surface area contributed by atoms with Crippen LogP contribution in [0.3, 0.4) is 0 Å². The maximum atomic E-state index is 6.20. The molecule has 1 aliphatic heterocycles. The Bertz CT molecular complexity index is 653. The Hall–Kier alpha value is -1.85. The Kier molecular flexibility index (Phi) is 4.45. The van der Waals surface area contributed by atoms with E-state index < -0.39 is 0 Å². The van der Waals surface area contributed by atoms with Gasteiger partial charge in [-0.2, -0.15) is 4.98 Å². The summed E-state index contributed by atoms with van der Waals surface area (Å²) in [5.41, 5.74) is 1.80. The summed E-state index contributed by atoms with van der Waals surface area (Å²) < 4.78 is 0. The number of hydrogen-bond donors (Lipinski definition) is 1. The Morgan fingerprint density at radius 3 is 2.55 bits per heavy atom. The van der Waals surface area contributed by atoms with Crippen LogP contribution in [0.2, 0.25) is 5.02 Å². The summed E-state index contributed by atoms with van der Waals surface area (Å²) in [6.07, 6.45) is 0. The largest absolute Gasteiger partial charge is 0.339 e. The number of aryl methyl sites for hydroxylation is 1. The first-order valence-electron chi connectivity index (χ1n) is 7.42. The summed E-state index contributed by atoms with van der Waals surface area (Å²) in [6.45, 7) is 5.95. The second-order valence-electron chi connectivity index (χ2n) is 5.59. The van der Waals surface area contributed by atoms with Crippen LogP contribution in [0, 0.1) is 6.92 Å². The molecule has 22 heavy (non-hydrogen) atoms. The predicted octanol–water partition coefficient (Wildman–Crippen LogP) is 2.93. The molecule has 1 fully saturated rings. The van der Waals surface area contributed by atoms with Gasteiger partial charge in [-0.15, -0.1) is 0 Å². The highest BCUT2D eigenvalue weighted by Gasteiger charge is 2.17. The number of likely N-dealkylation sites (N-methyl/N-ethyl adjacent to an activating group) is 1. The average Bonchev–Trinajstić information content (AvgIpc) is 2.50. The third-order valence-corrected chi connectivity index (χ3v) is 4.09. The molecule has 0 atom stereocenters. The van der Waals surface area contributed by atoms with E-state index in [1.807, 2.05) is 37.3 Å². The molecule has 6 heteroatoms. The van der Waals surface area contributed by atoms with Gasteiger partial charge < -0.3 is 15.1 Å². The lowest BCUT2D eigenvalue weighted by molar-refractivity contribution is 0.311. The first-order valence-corrected chi connectivity index (χ1v) is 7.80. The molecule has 1 aliphatic rings. The lowest BCUT2D eigenvalue weighted by Crippen LogP contribution is -2.45. The molecule has 0 radical (unpaired) electrons. The van der Waals surface area contributed by atoms with Crippen molar-refractivity contribution in [1.29, 1.82) is 0 Å². The van der Waals surface area contributed by atoms with Crippen molar-refractivity contribution >= 4 is 29.1 Å². The van der Waals surface area contributed by atoms with Gasteiger partial charge in [0.05, 0.1) is 10.7 Å². The third kappa shape index (κ3) is 3.48.